The molecular formula is C13H10N2O2. The minimum absolute atomic E-state index is 0.223. The summed E-state index contributed by atoms with van der Waals surface area (Å²) in [6.07, 6.45) is 0. The molecule has 1 heterocycles. The van der Waals surface area contributed by atoms with Gasteiger partial charge in [-0.2, -0.15) is 0 Å². The van der Waals surface area contributed by atoms with Crippen molar-refractivity contribution in [3.8, 4) is 17.0 Å². The number of para-hydroxylation sites is 1. The van der Waals surface area contributed by atoms with E-state index < -0.39 is 0 Å². The van der Waals surface area contributed by atoms with Gasteiger partial charge in [-0.1, -0.05) is 11.2 Å². The average Bonchev–Trinajstić information content (AvgIpc) is 2.75. The third-order valence-electron chi connectivity index (χ3n) is 2.67. The summed E-state index contributed by atoms with van der Waals surface area (Å²) in [7, 11) is 0. The molecule has 3 aromatic rings. The molecule has 0 aliphatic heterocycles. The van der Waals surface area contributed by atoms with Gasteiger partial charge >= 0.3 is 0 Å². The Balaban J connectivity index is 2.24. The van der Waals surface area contributed by atoms with Gasteiger partial charge in [-0.15, -0.1) is 0 Å². The second-order valence-electron chi connectivity index (χ2n) is 3.80. The van der Waals surface area contributed by atoms with Crippen LogP contribution in [-0.4, -0.2) is 10.3 Å². The number of hydrogen-bond donors (Lipinski definition) is 2. The summed E-state index contributed by atoms with van der Waals surface area (Å²) >= 11 is 0. The Labute approximate surface area is 97.3 Å². The first-order chi connectivity index (χ1) is 8.25. The summed E-state index contributed by atoms with van der Waals surface area (Å²) in [5.74, 6) is 0.223. The van der Waals surface area contributed by atoms with Crippen molar-refractivity contribution >= 4 is 16.7 Å². The van der Waals surface area contributed by atoms with Crippen molar-refractivity contribution in [1.29, 1.82) is 0 Å². The predicted octanol–water partition coefficient (Wildman–Crippen LogP) is 2.78. The van der Waals surface area contributed by atoms with Crippen molar-refractivity contribution in [2.75, 3.05) is 5.73 Å². The topological polar surface area (TPSA) is 72.3 Å². The molecule has 4 heteroatoms. The lowest BCUT2D eigenvalue weighted by atomic mass is 10.1. The largest absolute Gasteiger partial charge is 0.508 e. The lowest BCUT2D eigenvalue weighted by Gasteiger charge is -1.97. The summed E-state index contributed by atoms with van der Waals surface area (Å²) in [5.41, 5.74) is 8.57. The molecule has 1 aromatic heterocycles. The molecule has 2 aromatic carbocycles. The van der Waals surface area contributed by atoms with Gasteiger partial charge in [0.2, 0.25) is 0 Å². The van der Waals surface area contributed by atoms with Crippen molar-refractivity contribution in [2.24, 2.45) is 0 Å². The number of phenolic OH excluding ortho intramolecular Hbond substituents is 1. The van der Waals surface area contributed by atoms with E-state index in [-0.39, 0.29) is 5.75 Å². The van der Waals surface area contributed by atoms with E-state index in [9.17, 15) is 5.11 Å². The molecule has 0 saturated heterocycles. The van der Waals surface area contributed by atoms with E-state index in [1.807, 2.05) is 12.1 Å². The Kier molecular flexibility index (Phi) is 2.01. The zero-order valence-electron chi connectivity index (χ0n) is 8.92. The van der Waals surface area contributed by atoms with E-state index in [1.54, 1.807) is 30.3 Å². The zero-order valence-corrected chi connectivity index (χ0v) is 8.92. The standard InChI is InChI=1S/C13H10N2O2/c14-11-3-1-2-10-12(15-17-13(10)11)8-4-6-9(16)7-5-8/h1-7,16H,14H2. The van der Waals surface area contributed by atoms with Gasteiger partial charge in [-0.3, -0.25) is 0 Å². The summed E-state index contributed by atoms with van der Waals surface area (Å²) in [6, 6.07) is 12.3. The molecule has 0 bridgehead atoms. The Morgan fingerprint density at radius 3 is 2.59 bits per heavy atom. The van der Waals surface area contributed by atoms with Crippen LogP contribution in [0.3, 0.4) is 0 Å². The second-order valence-corrected chi connectivity index (χ2v) is 3.80. The van der Waals surface area contributed by atoms with Gasteiger partial charge in [0.1, 0.15) is 11.4 Å². The Hall–Kier alpha value is -2.49. The van der Waals surface area contributed by atoms with Gasteiger partial charge in [-0.25, -0.2) is 0 Å². The fourth-order valence-electron chi connectivity index (χ4n) is 1.81. The van der Waals surface area contributed by atoms with Crippen LogP contribution in [0.25, 0.3) is 22.2 Å². The van der Waals surface area contributed by atoms with E-state index >= 15 is 0 Å². The predicted molar refractivity (Wildman–Crippen MR) is 65.5 cm³/mol. The van der Waals surface area contributed by atoms with Gasteiger partial charge in [0.05, 0.1) is 11.1 Å². The van der Waals surface area contributed by atoms with Gasteiger partial charge < -0.3 is 15.4 Å². The maximum Gasteiger partial charge on any atom is 0.190 e. The van der Waals surface area contributed by atoms with Gasteiger partial charge in [0.15, 0.2) is 5.58 Å². The first kappa shape index (κ1) is 9.72. The van der Waals surface area contributed by atoms with E-state index in [4.69, 9.17) is 10.3 Å². The molecule has 3 N–H and O–H groups in total. The highest BCUT2D eigenvalue weighted by molar-refractivity contribution is 5.97. The number of nitrogen functional groups attached to an aromatic ring is 1. The molecule has 0 saturated carbocycles. The fourth-order valence-corrected chi connectivity index (χ4v) is 1.81. The number of nitrogens with zero attached hydrogens (tertiary/aromatic N) is 1. The van der Waals surface area contributed by atoms with Crippen LogP contribution in [0.2, 0.25) is 0 Å². The molecule has 0 fully saturated rings. The Bertz CT molecular complexity index is 671. The van der Waals surface area contributed by atoms with Crippen LogP contribution in [0.4, 0.5) is 5.69 Å². The molecule has 84 valence electrons. The van der Waals surface area contributed by atoms with Gasteiger partial charge in [0.25, 0.3) is 0 Å². The van der Waals surface area contributed by atoms with Crippen LogP contribution in [0.5, 0.6) is 5.75 Å². The Morgan fingerprint density at radius 2 is 1.82 bits per heavy atom. The zero-order chi connectivity index (χ0) is 11.8. The highest BCUT2D eigenvalue weighted by Crippen LogP contribution is 2.31. The molecule has 0 aliphatic rings. The number of hydrogen-bond acceptors (Lipinski definition) is 4. The molecule has 17 heavy (non-hydrogen) atoms. The smallest absolute Gasteiger partial charge is 0.190 e. The number of phenols is 1. The number of rotatable bonds is 1. The highest BCUT2D eigenvalue weighted by Gasteiger charge is 2.11. The number of nitrogens with two attached hydrogens (primary N) is 1. The van der Waals surface area contributed by atoms with Crippen LogP contribution in [0.15, 0.2) is 47.0 Å². The van der Waals surface area contributed by atoms with Crippen molar-refractivity contribution in [1.82, 2.24) is 5.16 Å². The van der Waals surface area contributed by atoms with Crippen molar-refractivity contribution in [3.63, 3.8) is 0 Å². The van der Waals surface area contributed by atoms with E-state index in [2.05, 4.69) is 5.16 Å². The van der Waals surface area contributed by atoms with E-state index in [0.717, 1.165) is 16.6 Å². The SMILES string of the molecule is Nc1cccc2c(-c3ccc(O)cc3)noc12. The van der Waals surface area contributed by atoms with Crippen molar-refractivity contribution in [2.45, 2.75) is 0 Å². The van der Waals surface area contributed by atoms with Crippen LogP contribution < -0.4 is 5.73 Å². The second kappa shape index (κ2) is 3.52. The first-order valence-electron chi connectivity index (χ1n) is 5.19. The third-order valence-corrected chi connectivity index (χ3v) is 2.67. The first-order valence-corrected chi connectivity index (χ1v) is 5.19. The molecule has 0 atom stereocenters. The van der Waals surface area contributed by atoms with Crippen LogP contribution in [-0.2, 0) is 0 Å². The van der Waals surface area contributed by atoms with E-state index in [0.29, 0.717) is 11.3 Å². The number of aromatic hydroxyl groups is 1. The van der Waals surface area contributed by atoms with Gasteiger partial charge in [-0.05, 0) is 36.4 Å². The normalized spacial score (nSPS) is 10.8. The lowest BCUT2D eigenvalue weighted by Crippen LogP contribution is -1.83. The molecule has 3 rings (SSSR count). The Morgan fingerprint density at radius 1 is 1.06 bits per heavy atom. The average molecular weight is 226 g/mol. The number of fused-ring (bicyclic) bond motifs is 1. The van der Waals surface area contributed by atoms with E-state index in [1.165, 1.54) is 0 Å². The fraction of sp³-hybridized carbons (Fsp3) is 0. The summed E-state index contributed by atoms with van der Waals surface area (Å²) < 4.78 is 5.23. The molecule has 4 nitrogen and oxygen atoms in total. The maximum atomic E-state index is 9.25. The van der Waals surface area contributed by atoms with Crippen LogP contribution in [0, 0.1) is 0 Å². The van der Waals surface area contributed by atoms with Crippen LogP contribution >= 0.6 is 0 Å². The molecule has 0 aliphatic carbocycles. The minimum Gasteiger partial charge on any atom is -0.508 e. The summed E-state index contributed by atoms with van der Waals surface area (Å²) in [5, 5.41) is 14.1. The van der Waals surface area contributed by atoms with Crippen LogP contribution in [0.1, 0.15) is 0 Å². The summed E-state index contributed by atoms with van der Waals surface area (Å²) in [6.45, 7) is 0. The monoisotopic (exact) mass is 226 g/mol. The van der Waals surface area contributed by atoms with Crippen molar-refractivity contribution < 1.29 is 9.63 Å². The third kappa shape index (κ3) is 1.50. The molecule has 0 amide bonds. The van der Waals surface area contributed by atoms with Crippen molar-refractivity contribution in [3.05, 3.63) is 42.5 Å². The molecule has 0 unspecified atom stereocenters. The number of anilines is 1. The molecular weight excluding hydrogens is 216 g/mol. The van der Waals surface area contributed by atoms with Gasteiger partial charge in [0, 0.05) is 5.56 Å². The molecule has 0 spiro atoms. The quantitative estimate of drug-likeness (QED) is 0.626. The maximum absolute atomic E-state index is 9.25. The highest BCUT2D eigenvalue weighted by atomic mass is 16.5. The minimum atomic E-state index is 0.223. The number of benzene rings is 2. The molecule has 0 radical (unpaired) electrons. The summed E-state index contributed by atoms with van der Waals surface area (Å²) in [4.78, 5) is 0. The lowest BCUT2D eigenvalue weighted by molar-refractivity contribution is 0.460. The number of aromatic nitrogens is 1.